The average molecular weight is 433 g/mol. The van der Waals surface area contributed by atoms with E-state index in [1.807, 2.05) is 6.07 Å². The van der Waals surface area contributed by atoms with Crippen LogP contribution in [-0.4, -0.2) is 40.1 Å². The fourth-order valence-electron chi connectivity index (χ4n) is 3.10. The normalized spacial score (nSPS) is 16.1. The minimum Gasteiger partial charge on any atom is -0.465 e. The topological polar surface area (TPSA) is 137 Å². The third-order valence-corrected chi connectivity index (χ3v) is 5.54. The van der Waals surface area contributed by atoms with E-state index in [-0.39, 0.29) is 16.4 Å². The SMILES string of the molecule is COC(=O)c1cc(S(N)(=O)=O)ccc1NCc1cccc(NC(=O)C2CCCO2)c1. The molecule has 3 rings (SSSR count). The van der Waals surface area contributed by atoms with E-state index in [1.54, 1.807) is 18.2 Å². The van der Waals surface area contributed by atoms with Crippen molar-refractivity contribution in [2.75, 3.05) is 24.4 Å². The highest BCUT2D eigenvalue weighted by atomic mass is 32.2. The van der Waals surface area contributed by atoms with E-state index >= 15 is 0 Å². The zero-order chi connectivity index (χ0) is 21.7. The Morgan fingerprint density at radius 1 is 1.23 bits per heavy atom. The number of amides is 1. The Kier molecular flexibility index (Phi) is 6.70. The largest absolute Gasteiger partial charge is 0.465 e. The molecule has 0 aliphatic carbocycles. The highest BCUT2D eigenvalue weighted by Crippen LogP contribution is 2.22. The first-order chi connectivity index (χ1) is 14.3. The lowest BCUT2D eigenvalue weighted by Gasteiger charge is -2.14. The van der Waals surface area contributed by atoms with Crippen molar-refractivity contribution in [3.05, 3.63) is 53.6 Å². The van der Waals surface area contributed by atoms with Crippen molar-refractivity contribution in [3.8, 4) is 0 Å². The Bertz CT molecular complexity index is 1050. The molecule has 2 aromatic rings. The van der Waals surface area contributed by atoms with Gasteiger partial charge in [-0.25, -0.2) is 18.4 Å². The third kappa shape index (κ3) is 5.35. The first-order valence-corrected chi connectivity index (χ1v) is 10.8. The van der Waals surface area contributed by atoms with E-state index in [9.17, 15) is 18.0 Å². The number of carbonyl (C=O) groups excluding carboxylic acids is 2. The van der Waals surface area contributed by atoms with Gasteiger partial charge in [0.25, 0.3) is 5.91 Å². The molecule has 0 spiro atoms. The molecule has 0 radical (unpaired) electrons. The van der Waals surface area contributed by atoms with Crippen molar-refractivity contribution in [2.45, 2.75) is 30.4 Å². The Morgan fingerprint density at radius 3 is 2.70 bits per heavy atom. The zero-order valence-corrected chi connectivity index (χ0v) is 17.2. The quantitative estimate of drug-likeness (QED) is 0.567. The smallest absolute Gasteiger partial charge is 0.340 e. The lowest BCUT2D eigenvalue weighted by atomic mass is 10.1. The van der Waals surface area contributed by atoms with Crippen LogP contribution in [-0.2, 0) is 30.8 Å². The van der Waals surface area contributed by atoms with Gasteiger partial charge in [-0.15, -0.1) is 0 Å². The molecule has 0 bridgehead atoms. The van der Waals surface area contributed by atoms with Crippen LogP contribution in [0.3, 0.4) is 0 Å². The van der Waals surface area contributed by atoms with Crippen LogP contribution in [0.2, 0.25) is 0 Å². The molecule has 160 valence electrons. The highest BCUT2D eigenvalue weighted by molar-refractivity contribution is 7.89. The second kappa shape index (κ2) is 9.24. The molecule has 4 N–H and O–H groups in total. The van der Waals surface area contributed by atoms with E-state index in [0.29, 0.717) is 30.9 Å². The summed E-state index contributed by atoms with van der Waals surface area (Å²) in [6, 6.07) is 11.2. The van der Waals surface area contributed by atoms with Crippen LogP contribution in [0.15, 0.2) is 47.4 Å². The molecule has 0 saturated carbocycles. The molecule has 1 aliphatic heterocycles. The second-order valence-electron chi connectivity index (χ2n) is 6.79. The summed E-state index contributed by atoms with van der Waals surface area (Å²) in [6.07, 6.45) is 1.15. The maximum atomic E-state index is 12.2. The maximum Gasteiger partial charge on any atom is 0.340 e. The molecule has 1 amide bonds. The first kappa shape index (κ1) is 21.8. The number of sulfonamides is 1. The van der Waals surface area contributed by atoms with Crippen LogP contribution < -0.4 is 15.8 Å². The van der Waals surface area contributed by atoms with Crippen molar-refractivity contribution >= 4 is 33.3 Å². The predicted molar refractivity (Wildman–Crippen MR) is 111 cm³/mol. The van der Waals surface area contributed by atoms with Gasteiger partial charge in [0, 0.05) is 24.5 Å². The summed E-state index contributed by atoms with van der Waals surface area (Å²) in [5.41, 5.74) is 1.91. The predicted octanol–water partition coefficient (Wildman–Crippen LogP) is 1.85. The van der Waals surface area contributed by atoms with Crippen LogP contribution in [0, 0.1) is 0 Å². The lowest BCUT2D eigenvalue weighted by Crippen LogP contribution is -2.26. The molecule has 30 heavy (non-hydrogen) atoms. The Morgan fingerprint density at radius 2 is 2.03 bits per heavy atom. The van der Waals surface area contributed by atoms with Crippen LogP contribution in [0.1, 0.15) is 28.8 Å². The van der Waals surface area contributed by atoms with Gasteiger partial charge in [-0.2, -0.15) is 0 Å². The summed E-state index contributed by atoms with van der Waals surface area (Å²) < 4.78 is 33.3. The summed E-state index contributed by atoms with van der Waals surface area (Å²) in [6.45, 7) is 0.914. The van der Waals surface area contributed by atoms with Gasteiger partial charge in [0.05, 0.1) is 17.6 Å². The fraction of sp³-hybridized carbons (Fsp3) is 0.300. The van der Waals surface area contributed by atoms with Gasteiger partial charge >= 0.3 is 5.97 Å². The number of esters is 1. The number of anilines is 2. The summed E-state index contributed by atoms with van der Waals surface area (Å²) in [5.74, 6) is -0.871. The van der Waals surface area contributed by atoms with Crippen molar-refractivity contribution in [3.63, 3.8) is 0 Å². The fourth-order valence-corrected chi connectivity index (χ4v) is 3.64. The van der Waals surface area contributed by atoms with Crippen LogP contribution in [0.5, 0.6) is 0 Å². The van der Waals surface area contributed by atoms with E-state index in [2.05, 4.69) is 10.6 Å². The number of methoxy groups -OCH3 is 1. The van der Waals surface area contributed by atoms with Crippen LogP contribution in [0.25, 0.3) is 0 Å². The van der Waals surface area contributed by atoms with E-state index in [0.717, 1.165) is 12.0 Å². The third-order valence-electron chi connectivity index (χ3n) is 4.62. The minimum absolute atomic E-state index is 0.0480. The van der Waals surface area contributed by atoms with Crippen molar-refractivity contribution in [1.82, 2.24) is 0 Å². The van der Waals surface area contributed by atoms with Crippen LogP contribution >= 0.6 is 0 Å². The second-order valence-corrected chi connectivity index (χ2v) is 8.35. The molecule has 1 fully saturated rings. The van der Waals surface area contributed by atoms with E-state index in [1.165, 1.54) is 25.3 Å². The average Bonchev–Trinajstić information content (AvgIpc) is 3.26. The van der Waals surface area contributed by atoms with Gasteiger partial charge in [0.1, 0.15) is 6.10 Å². The van der Waals surface area contributed by atoms with Gasteiger partial charge < -0.3 is 20.1 Å². The molecular weight excluding hydrogens is 410 g/mol. The first-order valence-electron chi connectivity index (χ1n) is 9.28. The number of ether oxygens (including phenoxy) is 2. The number of primary sulfonamides is 1. The molecule has 9 nitrogen and oxygen atoms in total. The van der Waals surface area contributed by atoms with Crippen LogP contribution in [0.4, 0.5) is 11.4 Å². The lowest BCUT2D eigenvalue weighted by molar-refractivity contribution is -0.124. The Hall–Kier alpha value is -2.95. The van der Waals surface area contributed by atoms with Gasteiger partial charge in [0.2, 0.25) is 10.0 Å². The molecule has 2 aromatic carbocycles. The number of hydrogen-bond donors (Lipinski definition) is 3. The zero-order valence-electron chi connectivity index (χ0n) is 16.4. The maximum absolute atomic E-state index is 12.2. The number of carbonyl (C=O) groups is 2. The Labute approximate surface area is 174 Å². The number of hydrogen-bond acceptors (Lipinski definition) is 7. The van der Waals surface area contributed by atoms with E-state index in [4.69, 9.17) is 14.6 Å². The van der Waals surface area contributed by atoms with Gasteiger partial charge in [0.15, 0.2) is 0 Å². The van der Waals surface area contributed by atoms with Crippen molar-refractivity contribution < 1.29 is 27.5 Å². The molecular formula is C20H23N3O6S. The highest BCUT2D eigenvalue weighted by Gasteiger charge is 2.23. The molecule has 1 saturated heterocycles. The van der Waals surface area contributed by atoms with Gasteiger partial charge in [-0.05, 0) is 48.7 Å². The molecule has 10 heteroatoms. The summed E-state index contributed by atoms with van der Waals surface area (Å²) in [4.78, 5) is 24.1. The summed E-state index contributed by atoms with van der Waals surface area (Å²) in [5, 5.41) is 11.1. The molecule has 1 heterocycles. The number of benzene rings is 2. The number of rotatable bonds is 7. The number of nitrogens with one attached hydrogen (secondary N) is 2. The summed E-state index contributed by atoms with van der Waals surface area (Å²) in [7, 11) is -2.76. The molecule has 1 unspecified atom stereocenters. The van der Waals surface area contributed by atoms with E-state index < -0.39 is 22.1 Å². The van der Waals surface area contributed by atoms with Crippen molar-refractivity contribution in [2.24, 2.45) is 5.14 Å². The van der Waals surface area contributed by atoms with Gasteiger partial charge in [-0.3, -0.25) is 4.79 Å². The minimum atomic E-state index is -3.96. The molecule has 1 aliphatic rings. The summed E-state index contributed by atoms with van der Waals surface area (Å²) >= 11 is 0. The molecule has 0 aromatic heterocycles. The molecule has 1 atom stereocenters. The van der Waals surface area contributed by atoms with Crippen molar-refractivity contribution in [1.29, 1.82) is 0 Å². The Balaban J connectivity index is 1.73. The monoisotopic (exact) mass is 433 g/mol. The van der Waals surface area contributed by atoms with Gasteiger partial charge in [-0.1, -0.05) is 12.1 Å². The standard InChI is InChI=1S/C20H23N3O6S/c1-28-20(25)16-11-15(30(21,26)27)7-8-17(16)22-12-13-4-2-5-14(10-13)23-19(24)18-6-3-9-29-18/h2,4-5,7-8,10-11,18,22H,3,6,9,12H2,1H3,(H,23,24)(H2,21,26,27). The number of nitrogens with two attached hydrogens (primary N) is 1.